The van der Waals surface area contributed by atoms with E-state index >= 15 is 0 Å². The number of hydrogen-bond donors (Lipinski definition) is 3. The molecule has 0 fully saturated rings. The zero-order chi connectivity index (χ0) is 16.3. The minimum atomic E-state index is -3.29. The normalized spacial score (nSPS) is 17.2. The molecule has 1 amide bonds. The average Bonchev–Trinajstić information content (AvgIpc) is 2.45. The molecule has 1 aliphatic rings. The second-order valence-electron chi connectivity index (χ2n) is 4.89. The van der Waals surface area contributed by atoms with Gasteiger partial charge in [0, 0.05) is 6.54 Å². The molecule has 0 bridgehead atoms. The SMILES string of the molecule is COC(=O)c1ccc2c(c1)NC(CCNS(C)(=O)=O)C(=O)N2. The smallest absolute Gasteiger partial charge is 0.337 e. The molecule has 0 saturated carbocycles. The van der Waals surface area contributed by atoms with Crippen LogP contribution in [-0.4, -0.2) is 46.2 Å². The van der Waals surface area contributed by atoms with E-state index in [0.29, 0.717) is 16.9 Å². The van der Waals surface area contributed by atoms with Crippen molar-refractivity contribution < 1.29 is 22.7 Å². The first-order chi connectivity index (χ1) is 10.3. The second-order valence-corrected chi connectivity index (χ2v) is 6.73. The summed E-state index contributed by atoms with van der Waals surface area (Å²) in [4.78, 5) is 23.5. The Labute approximate surface area is 128 Å². The van der Waals surface area contributed by atoms with Crippen molar-refractivity contribution in [1.29, 1.82) is 0 Å². The third-order valence-electron chi connectivity index (χ3n) is 3.14. The summed E-state index contributed by atoms with van der Waals surface area (Å²) in [5.74, 6) is -0.731. The summed E-state index contributed by atoms with van der Waals surface area (Å²) in [6, 6.07) is 4.15. The van der Waals surface area contributed by atoms with Gasteiger partial charge in [0.15, 0.2) is 0 Å². The quantitative estimate of drug-likeness (QED) is 0.663. The van der Waals surface area contributed by atoms with Gasteiger partial charge in [0.25, 0.3) is 0 Å². The lowest BCUT2D eigenvalue weighted by Gasteiger charge is -2.27. The van der Waals surface area contributed by atoms with Gasteiger partial charge in [0.1, 0.15) is 6.04 Å². The molecular formula is C13H17N3O5S. The molecular weight excluding hydrogens is 310 g/mol. The molecule has 9 heteroatoms. The van der Waals surface area contributed by atoms with Crippen LogP contribution in [0, 0.1) is 0 Å². The van der Waals surface area contributed by atoms with E-state index in [-0.39, 0.29) is 18.9 Å². The number of carbonyl (C=O) groups is 2. The molecule has 1 aromatic carbocycles. The Balaban J connectivity index is 2.10. The summed E-state index contributed by atoms with van der Waals surface area (Å²) < 4.78 is 29.0. The number of nitrogens with one attached hydrogen (secondary N) is 3. The summed E-state index contributed by atoms with van der Waals surface area (Å²) in [5.41, 5.74) is 1.51. The molecule has 120 valence electrons. The van der Waals surface area contributed by atoms with Gasteiger partial charge in [-0.3, -0.25) is 4.79 Å². The van der Waals surface area contributed by atoms with Crippen molar-refractivity contribution in [3.05, 3.63) is 23.8 Å². The lowest BCUT2D eigenvalue weighted by molar-refractivity contribution is -0.117. The molecule has 3 N–H and O–H groups in total. The Morgan fingerprint density at radius 1 is 1.36 bits per heavy atom. The number of esters is 1. The van der Waals surface area contributed by atoms with Crippen LogP contribution in [0.1, 0.15) is 16.8 Å². The maximum absolute atomic E-state index is 11.9. The van der Waals surface area contributed by atoms with Crippen molar-refractivity contribution in [3.8, 4) is 0 Å². The zero-order valence-corrected chi connectivity index (χ0v) is 13.0. The number of fused-ring (bicyclic) bond motifs is 1. The highest BCUT2D eigenvalue weighted by Crippen LogP contribution is 2.28. The highest BCUT2D eigenvalue weighted by atomic mass is 32.2. The van der Waals surface area contributed by atoms with Gasteiger partial charge in [-0.15, -0.1) is 0 Å². The van der Waals surface area contributed by atoms with Crippen molar-refractivity contribution in [2.24, 2.45) is 0 Å². The predicted molar refractivity (Wildman–Crippen MR) is 81.3 cm³/mol. The van der Waals surface area contributed by atoms with Crippen LogP contribution in [0.15, 0.2) is 18.2 Å². The van der Waals surface area contributed by atoms with Gasteiger partial charge in [-0.1, -0.05) is 0 Å². The number of hydrogen-bond acceptors (Lipinski definition) is 6. The average molecular weight is 327 g/mol. The molecule has 1 aromatic rings. The van der Waals surface area contributed by atoms with Crippen molar-refractivity contribution in [2.75, 3.05) is 30.5 Å². The fraction of sp³-hybridized carbons (Fsp3) is 0.385. The molecule has 8 nitrogen and oxygen atoms in total. The third kappa shape index (κ3) is 3.95. The number of carbonyl (C=O) groups excluding carboxylic acids is 2. The predicted octanol–water partition coefficient (Wildman–Crippen LogP) is 0.145. The van der Waals surface area contributed by atoms with E-state index in [1.165, 1.54) is 7.11 Å². The molecule has 0 aromatic heterocycles. The number of benzene rings is 1. The lowest BCUT2D eigenvalue weighted by Crippen LogP contribution is -2.41. The van der Waals surface area contributed by atoms with Gasteiger partial charge < -0.3 is 15.4 Å². The highest BCUT2D eigenvalue weighted by Gasteiger charge is 2.26. The van der Waals surface area contributed by atoms with Crippen molar-refractivity contribution >= 4 is 33.3 Å². The molecule has 1 atom stereocenters. The van der Waals surface area contributed by atoms with Crippen LogP contribution >= 0.6 is 0 Å². The summed E-state index contributed by atoms with van der Waals surface area (Å²) in [5, 5.41) is 5.71. The Kier molecular flexibility index (Phi) is 4.67. The summed E-state index contributed by atoms with van der Waals surface area (Å²) >= 11 is 0. The van der Waals surface area contributed by atoms with Crippen LogP contribution in [0.5, 0.6) is 0 Å². The maximum atomic E-state index is 11.9. The van der Waals surface area contributed by atoms with Crippen LogP contribution in [0.3, 0.4) is 0 Å². The van der Waals surface area contributed by atoms with Gasteiger partial charge in [-0.05, 0) is 24.6 Å². The standard InChI is InChI=1S/C13H17N3O5S/c1-21-13(18)8-3-4-9-11(7-8)15-10(12(17)16-9)5-6-14-22(2,19)20/h3-4,7,10,14-15H,5-6H2,1-2H3,(H,16,17). The van der Waals surface area contributed by atoms with Crippen LogP contribution in [0.25, 0.3) is 0 Å². The van der Waals surface area contributed by atoms with Gasteiger partial charge >= 0.3 is 5.97 Å². The van der Waals surface area contributed by atoms with E-state index < -0.39 is 22.0 Å². The minimum Gasteiger partial charge on any atom is -0.465 e. The second kappa shape index (κ2) is 6.32. The van der Waals surface area contributed by atoms with Crippen LogP contribution in [0.2, 0.25) is 0 Å². The molecule has 1 heterocycles. The first-order valence-electron chi connectivity index (χ1n) is 6.54. The summed E-state index contributed by atoms with van der Waals surface area (Å²) in [6.07, 6.45) is 1.33. The van der Waals surface area contributed by atoms with Crippen LogP contribution < -0.4 is 15.4 Å². The molecule has 1 aliphatic heterocycles. The Bertz CT molecular complexity index is 702. The summed E-state index contributed by atoms with van der Waals surface area (Å²) in [6.45, 7) is 0.135. The monoisotopic (exact) mass is 327 g/mol. The van der Waals surface area contributed by atoms with E-state index in [1.54, 1.807) is 18.2 Å². The summed E-state index contributed by atoms with van der Waals surface area (Å²) in [7, 11) is -2.01. The van der Waals surface area contributed by atoms with E-state index in [2.05, 4.69) is 20.1 Å². The van der Waals surface area contributed by atoms with E-state index in [0.717, 1.165) is 6.26 Å². The highest BCUT2D eigenvalue weighted by molar-refractivity contribution is 7.88. The van der Waals surface area contributed by atoms with Crippen molar-refractivity contribution in [2.45, 2.75) is 12.5 Å². The Morgan fingerprint density at radius 3 is 2.73 bits per heavy atom. The number of amides is 1. The van der Waals surface area contributed by atoms with Gasteiger partial charge in [-0.25, -0.2) is 17.9 Å². The van der Waals surface area contributed by atoms with Crippen molar-refractivity contribution in [1.82, 2.24) is 4.72 Å². The number of anilines is 2. The van der Waals surface area contributed by atoms with Gasteiger partial charge in [0.05, 0.1) is 30.3 Å². The number of sulfonamides is 1. The first kappa shape index (κ1) is 16.2. The minimum absolute atomic E-state index is 0.135. The molecule has 0 radical (unpaired) electrons. The largest absolute Gasteiger partial charge is 0.465 e. The molecule has 1 unspecified atom stereocenters. The van der Waals surface area contributed by atoms with Gasteiger partial charge in [0.2, 0.25) is 15.9 Å². The fourth-order valence-electron chi connectivity index (χ4n) is 2.08. The number of methoxy groups -OCH3 is 1. The Hall–Kier alpha value is -2.13. The molecule has 22 heavy (non-hydrogen) atoms. The van der Waals surface area contributed by atoms with E-state index in [9.17, 15) is 18.0 Å². The third-order valence-corrected chi connectivity index (χ3v) is 3.87. The van der Waals surface area contributed by atoms with Gasteiger partial charge in [-0.2, -0.15) is 0 Å². The van der Waals surface area contributed by atoms with Crippen LogP contribution in [-0.2, 0) is 19.6 Å². The van der Waals surface area contributed by atoms with Crippen molar-refractivity contribution in [3.63, 3.8) is 0 Å². The van der Waals surface area contributed by atoms with E-state index in [1.807, 2.05) is 0 Å². The molecule has 0 aliphatic carbocycles. The first-order valence-corrected chi connectivity index (χ1v) is 8.43. The lowest BCUT2D eigenvalue weighted by atomic mass is 10.1. The number of rotatable bonds is 5. The molecule has 0 spiro atoms. The molecule has 0 saturated heterocycles. The maximum Gasteiger partial charge on any atom is 0.337 e. The zero-order valence-electron chi connectivity index (χ0n) is 12.2. The topological polar surface area (TPSA) is 114 Å². The fourth-order valence-corrected chi connectivity index (χ4v) is 2.57. The Morgan fingerprint density at radius 2 is 2.09 bits per heavy atom. The molecule has 2 rings (SSSR count). The van der Waals surface area contributed by atoms with Crippen LogP contribution in [0.4, 0.5) is 11.4 Å². The number of ether oxygens (including phenoxy) is 1. The van der Waals surface area contributed by atoms with E-state index in [4.69, 9.17) is 0 Å².